The van der Waals surface area contributed by atoms with E-state index >= 15 is 0 Å². The molecule has 0 atom stereocenters. The van der Waals surface area contributed by atoms with Gasteiger partial charge in [-0.3, -0.25) is 0 Å². The molecule has 0 radical (unpaired) electrons. The average Bonchev–Trinajstić information content (AvgIpc) is 3.01. The topological polar surface area (TPSA) is 44.3 Å². The lowest BCUT2D eigenvalue weighted by molar-refractivity contribution is 0.249. The lowest BCUT2D eigenvalue weighted by Crippen LogP contribution is -2.38. The number of piperidine rings is 1. The van der Waals surface area contributed by atoms with Gasteiger partial charge in [0, 0.05) is 32.2 Å². The summed E-state index contributed by atoms with van der Waals surface area (Å²) in [5.74, 6) is 2.92. The molecule has 3 heterocycles. The fourth-order valence-corrected chi connectivity index (χ4v) is 3.67. The summed E-state index contributed by atoms with van der Waals surface area (Å²) in [6.45, 7) is 8.29. The summed E-state index contributed by atoms with van der Waals surface area (Å²) in [5.41, 5.74) is 1.16. The molecule has 0 unspecified atom stereocenters. The van der Waals surface area contributed by atoms with Gasteiger partial charge in [0.15, 0.2) is 0 Å². The first-order chi connectivity index (χ1) is 10.3. The van der Waals surface area contributed by atoms with Gasteiger partial charge in [-0.25, -0.2) is 9.97 Å². The monoisotopic (exact) mass is 289 g/mol. The van der Waals surface area contributed by atoms with Crippen LogP contribution in [0.2, 0.25) is 0 Å². The molecular formula is C16H27N5. The summed E-state index contributed by atoms with van der Waals surface area (Å²) < 4.78 is 0. The summed E-state index contributed by atoms with van der Waals surface area (Å²) in [6.07, 6.45) is 7.03. The maximum absolute atomic E-state index is 4.50. The van der Waals surface area contributed by atoms with E-state index in [4.69, 9.17) is 0 Å². The smallest absolute Gasteiger partial charge is 0.137 e. The SMILES string of the molecule is CNc1ncnc(N2CCC(CN3CCCC3)CC2)c1C. The summed E-state index contributed by atoms with van der Waals surface area (Å²) in [7, 11) is 1.92. The maximum atomic E-state index is 4.50. The van der Waals surface area contributed by atoms with Gasteiger partial charge in [-0.1, -0.05) is 0 Å². The third-order valence-corrected chi connectivity index (χ3v) is 4.92. The lowest BCUT2D eigenvalue weighted by Gasteiger charge is -2.35. The number of anilines is 2. The van der Waals surface area contributed by atoms with E-state index in [2.05, 4.69) is 32.0 Å². The minimum Gasteiger partial charge on any atom is -0.373 e. The Balaban J connectivity index is 1.58. The molecule has 0 bridgehead atoms. The predicted molar refractivity (Wildman–Crippen MR) is 86.9 cm³/mol. The number of aromatic nitrogens is 2. The first-order valence-electron chi connectivity index (χ1n) is 8.24. The molecule has 1 N–H and O–H groups in total. The van der Waals surface area contributed by atoms with Crippen LogP contribution in [0.4, 0.5) is 11.6 Å². The normalized spacial score (nSPS) is 21.0. The molecule has 21 heavy (non-hydrogen) atoms. The summed E-state index contributed by atoms with van der Waals surface area (Å²) in [4.78, 5) is 13.9. The van der Waals surface area contributed by atoms with Crippen molar-refractivity contribution in [1.82, 2.24) is 14.9 Å². The molecule has 0 spiro atoms. The molecule has 1 aromatic heterocycles. The second kappa shape index (κ2) is 6.60. The molecule has 2 aliphatic heterocycles. The van der Waals surface area contributed by atoms with Gasteiger partial charge in [0.25, 0.3) is 0 Å². The van der Waals surface area contributed by atoms with E-state index in [1.165, 1.54) is 45.3 Å². The number of likely N-dealkylation sites (tertiary alicyclic amines) is 1. The number of hydrogen-bond donors (Lipinski definition) is 1. The molecule has 5 heteroatoms. The van der Waals surface area contributed by atoms with Crippen LogP contribution in [0.3, 0.4) is 0 Å². The summed E-state index contributed by atoms with van der Waals surface area (Å²) >= 11 is 0. The molecule has 0 saturated carbocycles. The molecular weight excluding hydrogens is 262 g/mol. The van der Waals surface area contributed by atoms with E-state index in [1.807, 2.05) is 7.05 Å². The van der Waals surface area contributed by atoms with Crippen LogP contribution < -0.4 is 10.2 Å². The molecule has 5 nitrogen and oxygen atoms in total. The Bertz CT molecular complexity index is 462. The Morgan fingerprint density at radius 2 is 1.86 bits per heavy atom. The quantitative estimate of drug-likeness (QED) is 0.920. The minimum atomic E-state index is 0.866. The molecule has 2 saturated heterocycles. The second-order valence-electron chi connectivity index (χ2n) is 6.36. The molecule has 0 aromatic carbocycles. The second-order valence-corrected chi connectivity index (χ2v) is 6.36. The standard InChI is InChI=1S/C16H27N5/c1-13-15(17-2)18-12-19-16(13)21-9-5-14(6-10-21)11-20-7-3-4-8-20/h12,14H,3-11H2,1-2H3,(H,17,18,19). The van der Waals surface area contributed by atoms with E-state index in [0.29, 0.717) is 0 Å². The first kappa shape index (κ1) is 14.6. The molecule has 2 fully saturated rings. The van der Waals surface area contributed by atoms with Crippen LogP contribution in [0.1, 0.15) is 31.2 Å². The maximum Gasteiger partial charge on any atom is 0.137 e. The van der Waals surface area contributed by atoms with Crippen molar-refractivity contribution in [3.8, 4) is 0 Å². The minimum absolute atomic E-state index is 0.866. The van der Waals surface area contributed by atoms with Crippen molar-refractivity contribution in [1.29, 1.82) is 0 Å². The van der Waals surface area contributed by atoms with Crippen molar-refractivity contribution < 1.29 is 0 Å². The third-order valence-electron chi connectivity index (χ3n) is 4.92. The Labute approximate surface area is 127 Å². The van der Waals surface area contributed by atoms with Gasteiger partial charge in [0.05, 0.1) is 0 Å². The van der Waals surface area contributed by atoms with Crippen molar-refractivity contribution >= 4 is 11.6 Å². The highest BCUT2D eigenvalue weighted by Gasteiger charge is 2.24. The van der Waals surface area contributed by atoms with Gasteiger partial charge in [0.2, 0.25) is 0 Å². The molecule has 2 aliphatic rings. The number of rotatable bonds is 4. The zero-order chi connectivity index (χ0) is 14.7. The molecule has 1 aromatic rings. The average molecular weight is 289 g/mol. The van der Waals surface area contributed by atoms with Crippen molar-refractivity contribution in [2.45, 2.75) is 32.6 Å². The Hall–Kier alpha value is -1.36. The zero-order valence-electron chi connectivity index (χ0n) is 13.3. The van der Waals surface area contributed by atoms with Gasteiger partial charge in [0.1, 0.15) is 18.0 Å². The molecule has 116 valence electrons. The number of nitrogens with zero attached hydrogens (tertiary/aromatic N) is 4. The van der Waals surface area contributed by atoms with E-state index in [0.717, 1.165) is 36.2 Å². The predicted octanol–water partition coefficient (Wildman–Crippen LogP) is 2.14. The van der Waals surface area contributed by atoms with Crippen molar-refractivity contribution in [2.75, 3.05) is 50.0 Å². The van der Waals surface area contributed by atoms with Crippen LogP contribution in [0.25, 0.3) is 0 Å². The zero-order valence-corrected chi connectivity index (χ0v) is 13.3. The first-order valence-corrected chi connectivity index (χ1v) is 8.24. The lowest BCUT2D eigenvalue weighted by atomic mass is 9.96. The van der Waals surface area contributed by atoms with E-state index in [9.17, 15) is 0 Å². The molecule has 3 rings (SSSR count). The van der Waals surface area contributed by atoms with Gasteiger partial charge in [-0.05, 0) is 51.6 Å². The Morgan fingerprint density at radius 3 is 2.52 bits per heavy atom. The van der Waals surface area contributed by atoms with Gasteiger partial charge < -0.3 is 15.1 Å². The highest BCUT2D eigenvalue weighted by Crippen LogP contribution is 2.27. The molecule has 0 amide bonds. The summed E-state index contributed by atoms with van der Waals surface area (Å²) in [6, 6.07) is 0. The Kier molecular flexibility index (Phi) is 4.58. The van der Waals surface area contributed by atoms with Gasteiger partial charge in [-0.15, -0.1) is 0 Å². The third kappa shape index (κ3) is 3.28. The number of hydrogen-bond acceptors (Lipinski definition) is 5. The van der Waals surface area contributed by atoms with E-state index in [1.54, 1.807) is 6.33 Å². The fourth-order valence-electron chi connectivity index (χ4n) is 3.67. The van der Waals surface area contributed by atoms with Gasteiger partial charge in [-0.2, -0.15) is 0 Å². The highest BCUT2D eigenvalue weighted by molar-refractivity contribution is 5.57. The van der Waals surface area contributed by atoms with Crippen LogP contribution >= 0.6 is 0 Å². The number of nitrogens with one attached hydrogen (secondary N) is 1. The van der Waals surface area contributed by atoms with Crippen molar-refractivity contribution in [3.63, 3.8) is 0 Å². The highest BCUT2D eigenvalue weighted by atomic mass is 15.2. The van der Waals surface area contributed by atoms with E-state index < -0.39 is 0 Å². The van der Waals surface area contributed by atoms with Crippen LogP contribution in [-0.2, 0) is 0 Å². The van der Waals surface area contributed by atoms with Crippen LogP contribution in [-0.4, -0.2) is 54.6 Å². The fraction of sp³-hybridized carbons (Fsp3) is 0.750. The van der Waals surface area contributed by atoms with Crippen molar-refractivity contribution in [3.05, 3.63) is 11.9 Å². The van der Waals surface area contributed by atoms with Crippen molar-refractivity contribution in [2.24, 2.45) is 5.92 Å². The van der Waals surface area contributed by atoms with E-state index in [-0.39, 0.29) is 0 Å². The molecule has 0 aliphatic carbocycles. The summed E-state index contributed by atoms with van der Waals surface area (Å²) in [5, 5.41) is 3.15. The Morgan fingerprint density at radius 1 is 1.14 bits per heavy atom. The van der Waals surface area contributed by atoms with Gasteiger partial charge >= 0.3 is 0 Å². The van der Waals surface area contributed by atoms with Crippen LogP contribution in [0.5, 0.6) is 0 Å². The van der Waals surface area contributed by atoms with Crippen LogP contribution in [0.15, 0.2) is 6.33 Å². The largest absolute Gasteiger partial charge is 0.373 e. The van der Waals surface area contributed by atoms with Crippen LogP contribution in [0, 0.1) is 12.8 Å².